The molecule has 0 atom stereocenters. The summed E-state index contributed by atoms with van der Waals surface area (Å²) in [6.07, 6.45) is 1.51. The van der Waals surface area contributed by atoms with E-state index in [1.165, 1.54) is 30.3 Å². The summed E-state index contributed by atoms with van der Waals surface area (Å²) in [5, 5.41) is 0. The lowest BCUT2D eigenvalue weighted by Crippen LogP contribution is -1.93. The molecule has 1 rings (SSSR count). The second-order valence-corrected chi connectivity index (χ2v) is 3.27. The molecule has 1 aromatic rings. The molecule has 0 N–H and O–H groups in total. The zero-order valence-electron chi connectivity index (χ0n) is 6.64. The van der Waals surface area contributed by atoms with E-state index in [1.807, 2.05) is 0 Å². The predicted octanol–water partition coefficient (Wildman–Crippen LogP) is 3.52. The van der Waals surface area contributed by atoms with Crippen LogP contribution >= 0.6 is 23.2 Å². The Kier molecular flexibility index (Phi) is 4.06. The van der Waals surface area contributed by atoms with Crippen molar-refractivity contribution in [2.45, 2.75) is 0 Å². The van der Waals surface area contributed by atoms with Crippen molar-refractivity contribution in [2.75, 3.05) is 6.61 Å². The fourth-order valence-corrected chi connectivity index (χ4v) is 0.858. The highest BCUT2D eigenvalue weighted by Gasteiger charge is 1.92. The van der Waals surface area contributed by atoms with E-state index in [4.69, 9.17) is 27.9 Å². The van der Waals surface area contributed by atoms with Gasteiger partial charge in [-0.2, -0.15) is 0 Å². The first-order chi connectivity index (χ1) is 6.18. The van der Waals surface area contributed by atoms with Crippen LogP contribution in [0.15, 0.2) is 34.8 Å². The van der Waals surface area contributed by atoms with Gasteiger partial charge in [-0.25, -0.2) is 4.39 Å². The highest BCUT2D eigenvalue weighted by Crippen LogP contribution is 2.12. The minimum absolute atomic E-state index is 0.155. The van der Waals surface area contributed by atoms with Crippen molar-refractivity contribution in [1.29, 1.82) is 0 Å². The minimum Gasteiger partial charge on any atom is -0.489 e. The summed E-state index contributed by atoms with van der Waals surface area (Å²) < 4.78 is 17.7. The van der Waals surface area contributed by atoms with Gasteiger partial charge in [0.1, 0.15) is 22.7 Å². The van der Waals surface area contributed by atoms with E-state index in [1.54, 1.807) is 0 Å². The Morgan fingerprint density at radius 1 is 1.31 bits per heavy atom. The molecule has 0 radical (unpaired) electrons. The van der Waals surface area contributed by atoms with E-state index in [9.17, 15) is 4.39 Å². The standard InChI is InChI=1S/C9H7Cl2FO/c10-9(11)5-6-13-8-3-1-7(12)2-4-8/h1-5H,6H2. The van der Waals surface area contributed by atoms with Crippen LogP contribution in [0.3, 0.4) is 0 Å². The lowest BCUT2D eigenvalue weighted by atomic mass is 10.3. The van der Waals surface area contributed by atoms with Crippen LogP contribution in [0.2, 0.25) is 0 Å². The minimum atomic E-state index is -0.293. The Morgan fingerprint density at radius 2 is 1.92 bits per heavy atom. The molecule has 0 aliphatic heterocycles. The summed E-state index contributed by atoms with van der Waals surface area (Å²) in [5.74, 6) is 0.283. The van der Waals surface area contributed by atoms with Crippen molar-refractivity contribution < 1.29 is 9.13 Å². The molecule has 0 spiro atoms. The highest BCUT2D eigenvalue weighted by atomic mass is 35.5. The highest BCUT2D eigenvalue weighted by molar-refractivity contribution is 6.55. The first-order valence-corrected chi connectivity index (χ1v) is 4.33. The second-order valence-electron chi connectivity index (χ2n) is 2.26. The Balaban J connectivity index is 2.46. The number of halogens is 3. The van der Waals surface area contributed by atoms with Crippen molar-refractivity contribution in [2.24, 2.45) is 0 Å². The fraction of sp³-hybridized carbons (Fsp3) is 0.111. The SMILES string of the molecule is Fc1ccc(OCC=C(Cl)Cl)cc1. The third kappa shape index (κ3) is 4.15. The molecule has 13 heavy (non-hydrogen) atoms. The van der Waals surface area contributed by atoms with Crippen LogP contribution in [-0.2, 0) is 0 Å². The normalized spacial score (nSPS) is 9.46. The molecule has 0 fully saturated rings. The summed E-state index contributed by atoms with van der Waals surface area (Å²) in [7, 11) is 0. The van der Waals surface area contributed by atoms with Gasteiger partial charge in [0.15, 0.2) is 0 Å². The zero-order chi connectivity index (χ0) is 9.68. The van der Waals surface area contributed by atoms with Gasteiger partial charge in [0.25, 0.3) is 0 Å². The summed E-state index contributed by atoms with van der Waals surface area (Å²) >= 11 is 10.7. The van der Waals surface area contributed by atoms with Crippen LogP contribution in [0.25, 0.3) is 0 Å². The van der Waals surface area contributed by atoms with Crippen LogP contribution < -0.4 is 4.74 Å². The van der Waals surface area contributed by atoms with E-state index in [2.05, 4.69) is 0 Å². The number of rotatable bonds is 3. The maximum atomic E-state index is 12.4. The Hall–Kier alpha value is -0.730. The average Bonchev–Trinajstić information content (AvgIpc) is 2.08. The molecule has 0 saturated heterocycles. The fourth-order valence-electron chi connectivity index (χ4n) is 0.732. The quantitative estimate of drug-likeness (QED) is 0.758. The van der Waals surface area contributed by atoms with Gasteiger partial charge in [0, 0.05) is 0 Å². The summed E-state index contributed by atoms with van der Waals surface area (Å²) in [6.45, 7) is 0.272. The summed E-state index contributed by atoms with van der Waals surface area (Å²) in [5.41, 5.74) is 0. The molecule has 0 amide bonds. The Morgan fingerprint density at radius 3 is 2.46 bits per heavy atom. The molecule has 70 valence electrons. The smallest absolute Gasteiger partial charge is 0.123 e. The van der Waals surface area contributed by atoms with Gasteiger partial charge >= 0.3 is 0 Å². The van der Waals surface area contributed by atoms with E-state index >= 15 is 0 Å². The first-order valence-electron chi connectivity index (χ1n) is 3.58. The van der Waals surface area contributed by atoms with Gasteiger partial charge < -0.3 is 4.74 Å². The number of hydrogen-bond acceptors (Lipinski definition) is 1. The van der Waals surface area contributed by atoms with Crippen LogP contribution in [0.5, 0.6) is 5.75 Å². The third-order valence-electron chi connectivity index (χ3n) is 1.30. The van der Waals surface area contributed by atoms with Crippen molar-refractivity contribution in [3.63, 3.8) is 0 Å². The maximum Gasteiger partial charge on any atom is 0.123 e. The van der Waals surface area contributed by atoms with Gasteiger partial charge in [-0.05, 0) is 30.3 Å². The van der Waals surface area contributed by atoms with E-state index in [-0.39, 0.29) is 16.9 Å². The first kappa shape index (κ1) is 10.4. The molecule has 1 aromatic carbocycles. The van der Waals surface area contributed by atoms with Crippen LogP contribution in [0, 0.1) is 5.82 Å². The molecule has 0 aliphatic rings. The summed E-state index contributed by atoms with van der Waals surface area (Å²) in [4.78, 5) is 0. The van der Waals surface area contributed by atoms with Crippen molar-refractivity contribution in [3.05, 3.63) is 40.7 Å². The number of benzene rings is 1. The number of hydrogen-bond donors (Lipinski definition) is 0. The molecular formula is C9H7Cl2FO. The van der Waals surface area contributed by atoms with Crippen LogP contribution in [0.4, 0.5) is 4.39 Å². The zero-order valence-corrected chi connectivity index (χ0v) is 8.15. The second kappa shape index (κ2) is 5.10. The number of ether oxygens (including phenoxy) is 1. The van der Waals surface area contributed by atoms with Crippen LogP contribution in [-0.4, -0.2) is 6.61 Å². The van der Waals surface area contributed by atoms with Crippen molar-refractivity contribution in [3.8, 4) is 5.75 Å². The molecule has 0 heterocycles. The van der Waals surface area contributed by atoms with Crippen molar-refractivity contribution >= 4 is 23.2 Å². The largest absolute Gasteiger partial charge is 0.489 e. The van der Waals surface area contributed by atoms with Gasteiger partial charge in [-0.15, -0.1) is 0 Å². The monoisotopic (exact) mass is 220 g/mol. The molecule has 4 heteroatoms. The molecule has 0 saturated carbocycles. The predicted molar refractivity (Wildman–Crippen MR) is 51.7 cm³/mol. The lowest BCUT2D eigenvalue weighted by molar-refractivity contribution is 0.362. The molecular weight excluding hydrogens is 214 g/mol. The molecule has 1 nitrogen and oxygen atoms in total. The molecule has 0 aliphatic carbocycles. The lowest BCUT2D eigenvalue weighted by Gasteiger charge is -2.01. The van der Waals surface area contributed by atoms with Gasteiger partial charge in [-0.1, -0.05) is 23.2 Å². The Bertz CT molecular complexity index is 291. The Labute approximate surface area is 85.7 Å². The molecule has 0 unspecified atom stereocenters. The summed E-state index contributed by atoms with van der Waals surface area (Å²) in [6, 6.07) is 5.71. The van der Waals surface area contributed by atoms with Crippen molar-refractivity contribution in [1.82, 2.24) is 0 Å². The van der Waals surface area contributed by atoms with Crippen LogP contribution in [0.1, 0.15) is 0 Å². The van der Waals surface area contributed by atoms with Gasteiger partial charge in [0.05, 0.1) is 0 Å². The van der Waals surface area contributed by atoms with E-state index in [0.29, 0.717) is 5.75 Å². The molecule has 0 bridgehead atoms. The molecule has 0 aromatic heterocycles. The van der Waals surface area contributed by atoms with E-state index in [0.717, 1.165) is 0 Å². The maximum absolute atomic E-state index is 12.4. The van der Waals surface area contributed by atoms with E-state index < -0.39 is 0 Å². The topological polar surface area (TPSA) is 9.23 Å². The van der Waals surface area contributed by atoms with Gasteiger partial charge in [-0.3, -0.25) is 0 Å². The van der Waals surface area contributed by atoms with Gasteiger partial charge in [0.2, 0.25) is 0 Å². The average molecular weight is 221 g/mol. The third-order valence-corrected chi connectivity index (χ3v) is 1.61.